The fraction of sp³-hybridized carbons (Fsp3) is 0.556. The van der Waals surface area contributed by atoms with Crippen molar-refractivity contribution in [3.63, 3.8) is 0 Å². The van der Waals surface area contributed by atoms with Crippen LogP contribution in [0.2, 0.25) is 0 Å². The topological polar surface area (TPSA) is 91.8 Å². The number of sulfone groups is 1. The minimum absolute atomic E-state index is 0.0420. The van der Waals surface area contributed by atoms with Crippen molar-refractivity contribution in [3.8, 4) is 0 Å². The number of amides is 1. The smallest absolute Gasteiger partial charge is 0.304 e. The number of rotatable bonds is 6. The lowest BCUT2D eigenvalue weighted by Gasteiger charge is -2.37. The third-order valence-corrected chi connectivity index (χ3v) is 6.99. The maximum atomic E-state index is 13.4. The maximum absolute atomic E-state index is 13.4. The molecule has 1 heterocycles. The lowest BCUT2D eigenvalue weighted by molar-refractivity contribution is -0.147. The van der Waals surface area contributed by atoms with Crippen LogP contribution in [0.15, 0.2) is 24.3 Å². The number of aliphatic carboxylic acids is 1. The Morgan fingerprint density at radius 2 is 1.81 bits per heavy atom. The average Bonchev–Trinajstić information content (AvgIpc) is 3.31. The molecule has 1 N–H and O–H groups in total. The monoisotopic (exact) mass is 383 g/mol. The Bertz CT molecular complexity index is 818. The first kappa shape index (κ1) is 18.8. The number of carbonyl (C=O) groups is 2. The SMILES string of the molecule is CC(CC(=O)O)(C(=O)N(C1CC1)C1CCS(=O)(=O)C1)c1ccc(F)cc1. The first-order valence-corrected chi connectivity index (χ1v) is 10.5. The van der Waals surface area contributed by atoms with Crippen LogP contribution in [-0.2, 0) is 24.8 Å². The van der Waals surface area contributed by atoms with Crippen molar-refractivity contribution in [2.75, 3.05) is 11.5 Å². The van der Waals surface area contributed by atoms with Gasteiger partial charge in [-0.3, -0.25) is 9.59 Å². The van der Waals surface area contributed by atoms with E-state index in [0.717, 1.165) is 12.8 Å². The summed E-state index contributed by atoms with van der Waals surface area (Å²) in [6.07, 6.45) is 1.50. The zero-order chi connectivity index (χ0) is 19.1. The second kappa shape index (κ2) is 6.64. The Balaban J connectivity index is 1.97. The molecule has 1 amide bonds. The van der Waals surface area contributed by atoms with E-state index in [4.69, 9.17) is 0 Å². The number of carbonyl (C=O) groups excluding carboxylic acids is 1. The van der Waals surface area contributed by atoms with Crippen LogP contribution in [0.5, 0.6) is 0 Å². The number of carboxylic acids is 1. The Kier molecular flexibility index (Phi) is 4.81. The van der Waals surface area contributed by atoms with Gasteiger partial charge in [0.25, 0.3) is 0 Å². The first-order chi connectivity index (χ1) is 12.1. The van der Waals surface area contributed by atoms with Crippen LogP contribution in [0.1, 0.15) is 38.2 Å². The predicted molar refractivity (Wildman–Crippen MR) is 92.9 cm³/mol. The Labute approximate surface area is 151 Å². The molecule has 26 heavy (non-hydrogen) atoms. The van der Waals surface area contributed by atoms with Gasteiger partial charge < -0.3 is 10.0 Å². The Morgan fingerprint density at radius 1 is 1.19 bits per heavy atom. The normalized spacial score (nSPS) is 24.0. The standard InChI is InChI=1S/C18H22FNO5S/c1-18(10-16(21)22,12-2-4-13(19)5-3-12)17(23)20(14-6-7-14)15-8-9-26(24,25)11-15/h2-5,14-15H,6-11H2,1H3,(H,21,22). The van der Waals surface area contributed by atoms with Crippen molar-refractivity contribution in [2.24, 2.45) is 0 Å². The zero-order valence-electron chi connectivity index (χ0n) is 14.5. The molecule has 2 fully saturated rings. The van der Waals surface area contributed by atoms with Gasteiger partial charge in [-0.05, 0) is 43.9 Å². The van der Waals surface area contributed by atoms with E-state index < -0.39 is 45.4 Å². The fourth-order valence-electron chi connectivity index (χ4n) is 3.68. The van der Waals surface area contributed by atoms with Gasteiger partial charge in [0.05, 0.1) is 23.3 Å². The summed E-state index contributed by atoms with van der Waals surface area (Å²) in [6, 6.07) is 4.77. The summed E-state index contributed by atoms with van der Waals surface area (Å²) < 4.78 is 37.0. The Morgan fingerprint density at radius 3 is 2.27 bits per heavy atom. The molecule has 1 saturated carbocycles. The van der Waals surface area contributed by atoms with Gasteiger partial charge in [0.15, 0.2) is 9.84 Å². The van der Waals surface area contributed by atoms with Crippen LogP contribution >= 0.6 is 0 Å². The molecule has 8 heteroatoms. The van der Waals surface area contributed by atoms with E-state index in [1.165, 1.54) is 31.2 Å². The Hall–Kier alpha value is -1.96. The highest BCUT2D eigenvalue weighted by Gasteiger charge is 2.49. The lowest BCUT2D eigenvalue weighted by atomic mass is 9.77. The lowest BCUT2D eigenvalue weighted by Crippen LogP contribution is -2.52. The van der Waals surface area contributed by atoms with Gasteiger partial charge in [-0.25, -0.2) is 12.8 Å². The summed E-state index contributed by atoms with van der Waals surface area (Å²) in [5.74, 6) is -2.04. The molecule has 1 saturated heterocycles. The van der Waals surface area contributed by atoms with E-state index in [2.05, 4.69) is 0 Å². The third-order valence-electron chi connectivity index (χ3n) is 5.23. The van der Waals surface area contributed by atoms with Crippen molar-refractivity contribution in [1.82, 2.24) is 4.90 Å². The van der Waals surface area contributed by atoms with Crippen LogP contribution in [-0.4, -0.2) is 53.9 Å². The molecule has 1 aromatic rings. The van der Waals surface area contributed by atoms with Crippen molar-refractivity contribution < 1.29 is 27.5 Å². The van der Waals surface area contributed by atoms with E-state index in [1.54, 1.807) is 4.90 Å². The van der Waals surface area contributed by atoms with E-state index in [0.29, 0.717) is 12.0 Å². The first-order valence-electron chi connectivity index (χ1n) is 8.63. The molecule has 142 valence electrons. The second-order valence-electron chi connectivity index (χ2n) is 7.41. The molecular weight excluding hydrogens is 361 g/mol. The largest absolute Gasteiger partial charge is 0.481 e. The molecule has 0 aromatic heterocycles. The summed E-state index contributed by atoms with van der Waals surface area (Å²) in [4.78, 5) is 26.5. The highest BCUT2D eigenvalue weighted by molar-refractivity contribution is 7.91. The zero-order valence-corrected chi connectivity index (χ0v) is 15.3. The van der Waals surface area contributed by atoms with Gasteiger partial charge >= 0.3 is 5.97 Å². The van der Waals surface area contributed by atoms with E-state index in [9.17, 15) is 27.5 Å². The summed E-state index contributed by atoms with van der Waals surface area (Å²) in [5, 5.41) is 9.36. The van der Waals surface area contributed by atoms with Gasteiger partial charge in [-0.1, -0.05) is 12.1 Å². The predicted octanol–water partition coefficient (Wildman–Crippen LogP) is 1.74. The van der Waals surface area contributed by atoms with Crippen LogP contribution in [0.3, 0.4) is 0 Å². The number of hydrogen-bond acceptors (Lipinski definition) is 4. The summed E-state index contributed by atoms with van der Waals surface area (Å²) in [5.41, 5.74) is -0.966. The molecule has 3 rings (SSSR count). The minimum atomic E-state index is -3.18. The summed E-state index contributed by atoms with van der Waals surface area (Å²) in [6.45, 7) is 1.54. The fourth-order valence-corrected chi connectivity index (χ4v) is 5.39. The molecule has 2 atom stereocenters. The van der Waals surface area contributed by atoms with Gasteiger partial charge in [-0.2, -0.15) is 0 Å². The van der Waals surface area contributed by atoms with Crippen molar-refractivity contribution in [3.05, 3.63) is 35.6 Å². The quantitative estimate of drug-likeness (QED) is 0.808. The molecule has 2 aliphatic rings. The number of carboxylic acid groups (broad SMARTS) is 1. The minimum Gasteiger partial charge on any atom is -0.481 e. The van der Waals surface area contributed by atoms with Crippen LogP contribution in [0.25, 0.3) is 0 Å². The van der Waals surface area contributed by atoms with Crippen LogP contribution < -0.4 is 0 Å². The second-order valence-corrected chi connectivity index (χ2v) is 9.64. The average molecular weight is 383 g/mol. The highest BCUT2D eigenvalue weighted by atomic mass is 32.2. The molecule has 6 nitrogen and oxygen atoms in total. The van der Waals surface area contributed by atoms with Gasteiger partial charge in [-0.15, -0.1) is 0 Å². The van der Waals surface area contributed by atoms with E-state index in [-0.39, 0.29) is 17.5 Å². The third kappa shape index (κ3) is 3.75. The number of halogens is 1. The van der Waals surface area contributed by atoms with Crippen LogP contribution in [0.4, 0.5) is 4.39 Å². The highest BCUT2D eigenvalue weighted by Crippen LogP contribution is 2.38. The van der Waals surface area contributed by atoms with Gasteiger partial charge in [0.2, 0.25) is 5.91 Å². The molecular formula is C18H22FNO5S. The van der Waals surface area contributed by atoms with Crippen molar-refractivity contribution in [1.29, 1.82) is 0 Å². The molecule has 1 aromatic carbocycles. The molecule has 1 aliphatic heterocycles. The van der Waals surface area contributed by atoms with Crippen LogP contribution in [0, 0.1) is 5.82 Å². The number of benzene rings is 1. The molecule has 1 aliphatic carbocycles. The molecule has 0 spiro atoms. The van der Waals surface area contributed by atoms with Crippen molar-refractivity contribution in [2.45, 2.75) is 50.1 Å². The van der Waals surface area contributed by atoms with Gasteiger partial charge in [0.1, 0.15) is 5.82 Å². The molecule has 2 unspecified atom stereocenters. The van der Waals surface area contributed by atoms with Crippen molar-refractivity contribution >= 4 is 21.7 Å². The van der Waals surface area contributed by atoms with E-state index in [1.807, 2.05) is 0 Å². The van der Waals surface area contributed by atoms with Gasteiger partial charge in [0, 0.05) is 12.1 Å². The molecule has 0 bridgehead atoms. The summed E-state index contributed by atoms with van der Waals surface area (Å²) >= 11 is 0. The summed E-state index contributed by atoms with van der Waals surface area (Å²) in [7, 11) is -3.18. The maximum Gasteiger partial charge on any atom is 0.304 e. The van der Waals surface area contributed by atoms with E-state index >= 15 is 0 Å². The number of nitrogens with zero attached hydrogens (tertiary/aromatic N) is 1. The number of hydrogen-bond donors (Lipinski definition) is 1. The molecule has 0 radical (unpaired) electrons.